The minimum atomic E-state index is -0.119. The third-order valence-corrected chi connectivity index (χ3v) is 6.71. The molecule has 0 bridgehead atoms. The number of aliphatic hydroxyl groups is 1. The van der Waals surface area contributed by atoms with Crippen molar-refractivity contribution in [2.45, 2.75) is 39.8 Å². The van der Waals surface area contributed by atoms with Crippen LogP contribution in [-0.4, -0.2) is 15.9 Å². The SMILES string of the molecule is C=C(C)c1cc(C(=O)N2Cc3ccc(CO)cc3C2)c(OCc2ccccc2)cc1OCc1ccccc1. The topological polar surface area (TPSA) is 59.0 Å². The number of hydrogen-bond donors (Lipinski definition) is 1. The Bertz CT molecular complexity index is 1450. The average Bonchev–Trinajstić information content (AvgIpc) is 3.39. The number of allylic oxidation sites excluding steroid dienone is 1. The highest BCUT2D eigenvalue weighted by molar-refractivity contribution is 5.98. The van der Waals surface area contributed by atoms with Crippen molar-refractivity contribution in [1.82, 2.24) is 4.90 Å². The van der Waals surface area contributed by atoms with Crippen molar-refractivity contribution in [3.8, 4) is 11.5 Å². The molecule has 1 aliphatic heterocycles. The van der Waals surface area contributed by atoms with Crippen LogP contribution in [0.15, 0.2) is 97.6 Å². The molecule has 0 unspecified atom stereocenters. The van der Waals surface area contributed by atoms with Crippen LogP contribution in [0.3, 0.4) is 0 Å². The summed E-state index contributed by atoms with van der Waals surface area (Å²) in [5, 5.41) is 9.52. The van der Waals surface area contributed by atoms with Crippen molar-refractivity contribution in [2.75, 3.05) is 0 Å². The molecule has 5 rings (SSSR count). The van der Waals surface area contributed by atoms with Gasteiger partial charge in [-0.2, -0.15) is 0 Å². The number of benzene rings is 4. The normalized spacial score (nSPS) is 12.2. The Morgan fingerprint density at radius 2 is 1.34 bits per heavy atom. The highest BCUT2D eigenvalue weighted by Crippen LogP contribution is 2.36. The number of carbonyl (C=O) groups excluding carboxylic acids is 1. The van der Waals surface area contributed by atoms with E-state index in [4.69, 9.17) is 9.47 Å². The van der Waals surface area contributed by atoms with Gasteiger partial charge >= 0.3 is 0 Å². The summed E-state index contributed by atoms with van der Waals surface area (Å²) in [7, 11) is 0. The smallest absolute Gasteiger partial charge is 0.258 e. The van der Waals surface area contributed by atoms with Crippen LogP contribution >= 0.6 is 0 Å². The molecular weight excluding hydrogens is 474 g/mol. The summed E-state index contributed by atoms with van der Waals surface area (Å²) in [6.07, 6.45) is 0. The van der Waals surface area contributed by atoms with Crippen LogP contribution in [0.4, 0.5) is 0 Å². The van der Waals surface area contributed by atoms with Gasteiger partial charge in [-0.1, -0.05) is 85.4 Å². The van der Waals surface area contributed by atoms with Crippen LogP contribution in [0.25, 0.3) is 5.57 Å². The third kappa shape index (κ3) is 5.63. The summed E-state index contributed by atoms with van der Waals surface area (Å²) in [5.74, 6) is 0.976. The van der Waals surface area contributed by atoms with Crippen molar-refractivity contribution in [3.05, 3.63) is 137 Å². The molecule has 0 aromatic heterocycles. The molecule has 1 heterocycles. The van der Waals surface area contributed by atoms with Gasteiger partial charge < -0.3 is 19.5 Å². The molecule has 5 nitrogen and oxygen atoms in total. The van der Waals surface area contributed by atoms with Gasteiger partial charge in [0.15, 0.2) is 0 Å². The first-order chi connectivity index (χ1) is 18.5. The van der Waals surface area contributed by atoms with Crippen molar-refractivity contribution in [1.29, 1.82) is 0 Å². The lowest BCUT2D eigenvalue weighted by Crippen LogP contribution is -2.26. The highest BCUT2D eigenvalue weighted by Gasteiger charge is 2.28. The Morgan fingerprint density at radius 3 is 1.92 bits per heavy atom. The second-order valence-electron chi connectivity index (χ2n) is 9.60. The molecule has 38 heavy (non-hydrogen) atoms. The number of aliphatic hydroxyl groups excluding tert-OH is 1. The van der Waals surface area contributed by atoms with Gasteiger partial charge in [-0.25, -0.2) is 0 Å². The molecule has 0 saturated carbocycles. The molecule has 0 atom stereocenters. The number of rotatable bonds is 9. The van der Waals surface area contributed by atoms with E-state index in [1.165, 1.54) is 0 Å². The molecule has 0 spiro atoms. The molecule has 0 saturated heterocycles. The lowest BCUT2D eigenvalue weighted by atomic mass is 10.0. The first-order valence-corrected chi connectivity index (χ1v) is 12.7. The standard InChI is InChI=1S/C33H31NO4/c1-23(2)29-16-30(33(36)34-18-27-14-13-26(20-35)15-28(27)19-34)32(38-22-25-11-7-4-8-12-25)17-31(29)37-21-24-9-5-3-6-10-24/h3-17,35H,1,18-22H2,2H3. The van der Waals surface area contributed by atoms with Crippen molar-refractivity contribution < 1.29 is 19.4 Å². The van der Waals surface area contributed by atoms with E-state index < -0.39 is 0 Å². The molecule has 0 radical (unpaired) electrons. The molecule has 1 aliphatic rings. The van der Waals surface area contributed by atoms with E-state index in [0.29, 0.717) is 43.4 Å². The van der Waals surface area contributed by atoms with Crippen LogP contribution in [0.2, 0.25) is 0 Å². The largest absolute Gasteiger partial charge is 0.488 e. The maximum Gasteiger partial charge on any atom is 0.258 e. The van der Waals surface area contributed by atoms with Crippen molar-refractivity contribution >= 4 is 11.5 Å². The maximum atomic E-state index is 13.9. The summed E-state index contributed by atoms with van der Waals surface area (Å²) in [4.78, 5) is 15.7. The van der Waals surface area contributed by atoms with Gasteiger partial charge in [-0.3, -0.25) is 4.79 Å². The minimum absolute atomic E-state index is 0.0227. The monoisotopic (exact) mass is 505 g/mol. The van der Waals surface area contributed by atoms with Crippen molar-refractivity contribution in [3.63, 3.8) is 0 Å². The molecule has 0 aliphatic carbocycles. The number of amides is 1. The van der Waals surface area contributed by atoms with E-state index in [2.05, 4.69) is 6.58 Å². The van der Waals surface area contributed by atoms with Gasteiger partial charge in [0.2, 0.25) is 0 Å². The lowest BCUT2D eigenvalue weighted by molar-refractivity contribution is 0.0746. The van der Waals surface area contributed by atoms with Gasteiger partial charge in [-0.05, 0) is 46.4 Å². The van der Waals surface area contributed by atoms with Gasteiger partial charge in [0, 0.05) is 24.7 Å². The van der Waals surface area contributed by atoms with Gasteiger partial charge in [0.05, 0.1) is 12.2 Å². The second kappa shape index (κ2) is 11.4. The number of fused-ring (bicyclic) bond motifs is 1. The van der Waals surface area contributed by atoms with Gasteiger partial charge in [-0.15, -0.1) is 0 Å². The molecule has 192 valence electrons. The summed E-state index contributed by atoms with van der Waals surface area (Å²) >= 11 is 0. The quantitative estimate of drug-likeness (QED) is 0.281. The van der Waals surface area contributed by atoms with E-state index in [0.717, 1.165) is 39.0 Å². The van der Waals surface area contributed by atoms with E-state index in [1.54, 1.807) is 0 Å². The fourth-order valence-electron chi connectivity index (χ4n) is 4.63. The Balaban J connectivity index is 1.47. The predicted octanol–water partition coefficient (Wildman–Crippen LogP) is 6.53. The summed E-state index contributed by atoms with van der Waals surface area (Å²) in [5.41, 5.74) is 7.08. The fraction of sp³-hybridized carbons (Fsp3) is 0.182. The fourth-order valence-corrected chi connectivity index (χ4v) is 4.63. The predicted molar refractivity (Wildman–Crippen MR) is 149 cm³/mol. The average molecular weight is 506 g/mol. The molecule has 4 aromatic rings. The minimum Gasteiger partial charge on any atom is -0.488 e. The van der Waals surface area contributed by atoms with Crippen LogP contribution in [0.5, 0.6) is 11.5 Å². The van der Waals surface area contributed by atoms with Crippen LogP contribution in [0, 0.1) is 0 Å². The van der Waals surface area contributed by atoms with E-state index >= 15 is 0 Å². The number of nitrogens with zero attached hydrogens (tertiary/aromatic N) is 1. The summed E-state index contributed by atoms with van der Waals surface area (Å²) in [6, 6.07) is 29.3. The van der Waals surface area contributed by atoms with E-state index in [-0.39, 0.29) is 12.5 Å². The zero-order chi connectivity index (χ0) is 26.5. The van der Waals surface area contributed by atoms with E-state index in [9.17, 15) is 9.90 Å². The Morgan fingerprint density at radius 1 is 0.763 bits per heavy atom. The zero-order valence-corrected chi connectivity index (χ0v) is 21.5. The lowest BCUT2D eigenvalue weighted by Gasteiger charge is -2.21. The molecule has 1 amide bonds. The molecule has 4 aromatic carbocycles. The Kier molecular flexibility index (Phi) is 7.57. The van der Waals surface area contributed by atoms with Crippen LogP contribution in [-0.2, 0) is 32.9 Å². The van der Waals surface area contributed by atoms with Gasteiger partial charge in [0.1, 0.15) is 24.7 Å². The first kappa shape index (κ1) is 25.3. The number of ether oxygens (including phenoxy) is 2. The number of carbonyl (C=O) groups is 1. The van der Waals surface area contributed by atoms with Gasteiger partial charge in [0.25, 0.3) is 5.91 Å². The Hall–Kier alpha value is -4.35. The molecular formula is C33H31NO4. The van der Waals surface area contributed by atoms with Crippen LogP contribution in [0.1, 0.15) is 50.7 Å². The summed E-state index contributed by atoms with van der Waals surface area (Å²) < 4.78 is 12.5. The Labute approximate surface area is 223 Å². The number of hydrogen-bond acceptors (Lipinski definition) is 4. The highest BCUT2D eigenvalue weighted by atomic mass is 16.5. The molecule has 1 N–H and O–H groups in total. The molecule has 5 heteroatoms. The van der Waals surface area contributed by atoms with Crippen molar-refractivity contribution in [2.24, 2.45) is 0 Å². The summed E-state index contributed by atoms with van der Waals surface area (Å²) in [6.45, 7) is 7.73. The zero-order valence-electron chi connectivity index (χ0n) is 21.5. The van der Waals surface area contributed by atoms with Crippen LogP contribution < -0.4 is 9.47 Å². The maximum absolute atomic E-state index is 13.9. The first-order valence-electron chi connectivity index (χ1n) is 12.7. The third-order valence-electron chi connectivity index (χ3n) is 6.71. The van der Waals surface area contributed by atoms with E-state index in [1.807, 2.05) is 103 Å². The molecule has 0 fully saturated rings. The second-order valence-corrected chi connectivity index (χ2v) is 9.60.